The van der Waals surface area contributed by atoms with Crippen LogP contribution in [-0.4, -0.2) is 67.0 Å². The van der Waals surface area contributed by atoms with Crippen LogP contribution >= 0.6 is 0 Å². The van der Waals surface area contributed by atoms with Crippen molar-refractivity contribution < 1.29 is 27.9 Å². The summed E-state index contributed by atoms with van der Waals surface area (Å²) in [6.07, 6.45) is -2.81. The van der Waals surface area contributed by atoms with E-state index in [4.69, 9.17) is 5.41 Å². The molecule has 2 aromatic rings. The van der Waals surface area contributed by atoms with Crippen molar-refractivity contribution in [2.45, 2.75) is 19.0 Å². The van der Waals surface area contributed by atoms with Crippen molar-refractivity contribution in [2.24, 2.45) is 4.99 Å². The van der Waals surface area contributed by atoms with E-state index in [1.807, 2.05) is 0 Å². The first kappa shape index (κ1) is 28.1. The largest absolute Gasteiger partial charge is 0.481 e. The van der Waals surface area contributed by atoms with Gasteiger partial charge in [0.2, 0.25) is 0 Å². The standard InChI is InChI=1S/C25H28F3N5O3/c1-32(2)22(29)20(15-21(34)35)23(33(3)4)30-14-13-16-5-11-19(12-6-16)31-24(36)17-7-9-18(10-8-17)25(26,27)28/h5-12,14,29H,13,15H2,1-4H3,(H,31,36)(H,34,35)/b23-20+,29-22?,30-14+. The highest BCUT2D eigenvalue weighted by Gasteiger charge is 2.30. The van der Waals surface area contributed by atoms with Gasteiger partial charge in [-0.15, -0.1) is 0 Å². The van der Waals surface area contributed by atoms with Gasteiger partial charge in [-0.25, -0.2) is 4.99 Å². The normalized spacial score (nSPS) is 12.2. The second kappa shape index (κ2) is 12.0. The molecular formula is C25H28F3N5O3. The Morgan fingerprint density at radius 1 is 1.00 bits per heavy atom. The number of aliphatic carboxylic acids is 1. The van der Waals surface area contributed by atoms with Gasteiger partial charge in [0.25, 0.3) is 5.91 Å². The van der Waals surface area contributed by atoms with Crippen LogP contribution in [0.3, 0.4) is 0 Å². The zero-order chi connectivity index (χ0) is 27.0. The molecule has 2 aromatic carbocycles. The number of carbonyl (C=O) groups is 2. The molecule has 36 heavy (non-hydrogen) atoms. The smallest absolute Gasteiger partial charge is 0.416 e. The maximum atomic E-state index is 12.7. The van der Waals surface area contributed by atoms with Crippen molar-refractivity contribution >= 4 is 29.6 Å². The Morgan fingerprint density at radius 2 is 1.58 bits per heavy atom. The molecule has 8 nitrogen and oxygen atoms in total. The summed E-state index contributed by atoms with van der Waals surface area (Å²) in [5.74, 6) is -1.20. The number of halogens is 3. The first-order valence-electron chi connectivity index (χ1n) is 10.8. The Morgan fingerprint density at radius 3 is 2.06 bits per heavy atom. The predicted octanol–water partition coefficient (Wildman–Crippen LogP) is 4.36. The number of hydrogen-bond acceptors (Lipinski definition) is 5. The van der Waals surface area contributed by atoms with E-state index in [1.54, 1.807) is 63.6 Å². The lowest BCUT2D eigenvalue weighted by atomic mass is 10.1. The van der Waals surface area contributed by atoms with E-state index < -0.39 is 23.6 Å². The van der Waals surface area contributed by atoms with E-state index in [0.717, 1.165) is 29.8 Å². The minimum atomic E-state index is -4.47. The van der Waals surface area contributed by atoms with Gasteiger partial charge in [0, 0.05) is 57.7 Å². The molecule has 11 heteroatoms. The van der Waals surface area contributed by atoms with Crippen LogP contribution in [0.4, 0.5) is 18.9 Å². The Balaban J connectivity index is 2.11. The Kier molecular flexibility index (Phi) is 9.37. The Bertz CT molecular complexity index is 1150. The number of carboxylic acids is 1. The van der Waals surface area contributed by atoms with Gasteiger partial charge in [-0.2, -0.15) is 13.2 Å². The molecule has 0 aliphatic carbocycles. The summed E-state index contributed by atoms with van der Waals surface area (Å²) < 4.78 is 38.1. The average molecular weight is 504 g/mol. The number of nitrogens with zero attached hydrogens (tertiary/aromatic N) is 3. The van der Waals surface area contributed by atoms with Crippen LogP contribution in [0.5, 0.6) is 0 Å². The number of carbonyl (C=O) groups excluding carboxylic acids is 1. The molecule has 0 unspecified atom stereocenters. The zero-order valence-electron chi connectivity index (χ0n) is 20.3. The minimum absolute atomic E-state index is 0.0476. The highest BCUT2D eigenvalue weighted by Crippen LogP contribution is 2.29. The summed E-state index contributed by atoms with van der Waals surface area (Å²) >= 11 is 0. The van der Waals surface area contributed by atoms with Gasteiger partial charge in [-0.1, -0.05) is 12.1 Å². The van der Waals surface area contributed by atoms with E-state index in [1.165, 1.54) is 4.90 Å². The number of amidine groups is 1. The Hall–Kier alpha value is -4.15. The lowest BCUT2D eigenvalue weighted by molar-refractivity contribution is -0.138. The van der Waals surface area contributed by atoms with Gasteiger partial charge >= 0.3 is 12.1 Å². The molecule has 0 heterocycles. The number of carboxylic acid groups (broad SMARTS) is 1. The summed E-state index contributed by atoms with van der Waals surface area (Å²) in [4.78, 5) is 31.2. The van der Waals surface area contributed by atoms with Gasteiger partial charge < -0.3 is 20.2 Å². The van der Waals surface area contributed by atoms with E-state index in [0.29, 0.717) is 17.9 Å². The van der Waals surface area contributed by atoms with Crippen LogP contribution in [0, 0.1) is 5.41 Å². The third-order valence-electron chi connectivity index (χ3n) is 4.98. The molecule has 0 fully saturated rings. The van der Waals surface area contributed by atoms with Crippen LogP contribution in [0.1, 0.15) is 27.9 Å². The number of anilines is 1. The molecule has 0 saturated heterocycles. The number of benzene rings is 2. The molecule has 0 aliphatic heterocycles. The van der Waals surface area contributed by atoms with Crippen LogP contribution in [0.15, 0.2) is 64.9 Å². The molecule has 2 rings (SSSR count). The number of amides is 1. The fourth-order valence-corrected chi connectivity index (χ4v) is 3.13. The van der Waals surface area contributed by atoms with Crippen molar-refractivity contribution in [3.05, 3.63) is 76.6 Å². The van der Waals surface area contributed by atoms with E-state index >= 15 is 0 Å². The quantitative estimate of drug-likeness (QED) is 0.348. The highest BCUT2D eigenvalue weighted by molar-refractivity contribution is 6.04. The highest BCUT2D eigenvalue weighted by atomic mass is 19.4. The molecule has 0 spiro atoms. The molecule has 192 valence electrons. The molecule has 0 radical (unpaired) electrons. The van der Waals surface area contributed by atoms with Crippen LogP contribution in [0.2, 0.25) is 0 Å². The first-order valence-corrected chi connectivity index (χ1v) is 10.8. The summed E-state index contributed by atoms with van der Waals surface area (Å²) in [7, 11) is 6.73. The maximum Gasteiger partial charge on any atom is 0.416 e. The lowest BCUT2D eigenvalue weighted by Crippen LogP contribution is -2.27. The second-order valence-electron chi connectivity index (χ2n) is 8.25. The van der Waals surface area contributed by atoms with Gasteiger partial charge in [-0.3, -0.25) is 15.0 Å². The Labute approximate surface area is 207 Å². The third kappa shape index (κ3) is 7.97. The molecule has 0 aromatic heterocycles. The van der Waals surface area contributed by atoms with Crippen LogP contribution in [-0.2, 0) is 17.4 Å². The summed E-state index contributed by atoms with van der Waals surface area (Å²) in [6.45, 7) is 0. The number of rotatable bonds is 9. The van der Waals surface area contributed by atoms with Crippen molar-refractivity contribution in [3.8, 4) is 0 Å². The summed E-state index contributed by atoms with van der Waals surface area (Å²) in [5, 5.41) is 20.1. The molecular weight excluding hydrogens is 475 g/mol. The molecule has 0 aliphatic rings. The molecule has 0 atom stereocenters. The first-order chi connectivity index (χ1) is 16.8. The van der Waals surface area contributed by atoms with Crippen LogP contribution in [0.25, 0.3) is 0 Å². The SMILES string of the molecule is CN(C)C(=N)/C(CC(=O)O)=C(\N=C\Cc1ccc(NC(=O)c2ccc(C(F)(F)F)cc2)cc1)N(C)C. The summed E-state index contributed by atoms with van der Waals surface area (Å²) in [6, 6.07) is 10.8. The number of likely N-dealkylation sites (N-methyl/N-ethyl adjacent to an activating group) is 1. The van der Waals surface area contributed by atoms with Gasteiger partial charge in [0.15, 0.2) is 0 Å². The van der Waals surface area contributed by atoms with Gasteiger partial charge in [-0.05, 0) is 42.0 Å². The number of aliphatic imine (C=N–C) groups is 1. The monoisotopic (exact) mass is 503 g/mol. The van der Waals surface area contributed by atoms with Gasteiger partial charge in [0.05, 0.1) is 12.0 Å². The van der Waals surface area contributed by atoms with Crippen molar-refractivity contribution in [1.82, 2.24) is 9.80 Å². The zero-order valence-corrected chi connectivity index (χ0v) is 20.3. The van der Waals surface area contributed by atoms with Crippen LogP contribution < -0.4 is 5.32 Å². The molecule has 0 saturated carbocycles. The second-order valence-corrected chi connectivity index (χ2v) is 8.25. The number of hydrogen-bond donors (Lipinski definition) is 3. The topological polar surface area (TPSA) is 109 Å². The molecule has 3 N–H and O–H groups in total. The maximum absolute atomic E-state index is 12.7. The lowest BCUT2D eigenvalue weighted by Gasteiger charge is -2.22. The molecule has 0 bridgehead atoms. The number of nitrogens with one attached hydrogen (secondary N) is 2. The third-order valence-corrected chi connectivity index (χ3v) is 4.98. The fourth-order valence-electron chi connectivity index (χ4n) is 3.13. The average Bonchev–Trinajstić information content (AvgIpc) is 2.80. The van der Waals surface area contributed by atoms with E-state index in [2.05, 4.69) is 10.3 Å². The predicted molar refractivity (Wildman–Crippen MR) is 132 cm³/mol. The van der Waals surface area contributed by atoms with E-state index in [9.17, 15) is 27.9 Å². The fraction of sp³-hybridized carbons (Fsp3) is 0.280. The molecule has 1 amide bonds. The minimum Gasteiger partial charge on any atom is -0.481 e. The van der Waals surface area contributed by atoms with Crippen molar-refractivity contribution in [1.29, 1.82) is 5.41 Å². The van der Waals surface area contributed by atoms with E-state index in [-0.39, 0.29) is 23.4 Å². The number of alkyl halides is 3. The van der Waals surface area contributed by atoms with Crippen molar-refractivity contribution in [3.63, 3.8) is 0 Å². The summed E-state index contributed by atoms with van der Waals surface area (Å²) in [5.41, 5.74) is 0.869. The van der Waals surface area contributed by atoms with Crippen molar-refractivity contribution in [2.75, 3.05) is 33.5 Å². The van der Waals surface area contributed by atoms with Gasteiger partial charge in [0.1, 0.15) is 11.7 Å².